The van der Waals surface area contributed by atoms with E-state index in [1.54, 1.807) is 75.3 Å². The molecule has 0 aliphatic rings. The standard InChI is InChI=1S/4C17H12N.C15H12NO2.C11H8NO.C4H5ClO.CH4.2Ir.V/c4*1-2-7-14(8-3-1)15-9-6-10-16(13-15)17-11-4-5-12-18-17;1-11(2)15(17)18-13-8-6-12(7-9-13)14-5-3-4-10-16-14;13-10-6-4-9(5-7-10)11-3-1-2-8-12-11;1-3(2)4(5)6;;;;/h4*1-9,11-13H;3-6,8-10H,1H2,2H3;1-4,6-8,13H;1H2,2H3;1H4;;;/q6*-1;;;2*+3;. The molecular formula is C99H77ClIr2N6O4V. The van der Waals surface area contributed by atoms with Gasteiger partial charge in [0.05, 0.1) is 0 Å². The number of phenolic OH excluding ortho intramolecular Hbond substituents is 1. The molecule has 0 atom stereocenters. The second-order valence-electron chi connectivity index (χ2n) is 23.8. The van der Waals surface area contributed by atoms with Crippen molar-refractivity contribution in [2.75, 3.05) is 0 Å². The smallest absolute Gasteiger partial charge is 0.551 e. The summed E-state index contributed by atoms with van der Waals surface area (Å²) in [5, 5.41) is 8.59. The number of carbonyl (C=O) groups is 2. The Morgan fingerprint density at radius 1 is 0.319 bits per heavy atom. The third kappa shape index (κ3) is 29.5. The molecule has 0 unspecified atom stereocenters. The zero-order valence-electron chi connectivity index (χ0n) is 61.1. The van der Waals surface area contributed by atoms with Gasteiger partial charge in [-0.25, -0.2) is 4.79 Å². The van der Waals surface area contributed by atoms with Crippen molar-refractivity contribution in [2.24, 2.45) is 0 Å². The Labute approximate surface area is 707 Å². The number of pyridine rings is 6. The molecule has 0 aliphatic heterocycles. The number of aromatic nitrogens is 6. The maximum absolute atomic E-state index is 11.3. The van der Waals surface area contributed by atoms with E-state index in [1.807, 2.05) is 212 Å². The molecule has 6 heterocycles. The average molecular weight is 1890 g/mol. The predicted octanol–water partition coefficient (Wildman–Crippen LogP) is 24.1. The Bertz CT molecular complexity index is 4730. The van der Waals surface area contributed by atoms with Gasteiger partial charge in [0.25, 0.3) is 0 Å². The van der Waals surface area contributed by atoms with Crippen molar-refractivity contribution in [1.29, 1.82) is 0 Å². The number of carbonyl (C=O) groups excluding carboxylic acids is 2. The zero-order valence-corrected chi connectivity index (χ0v) is 68.0. The van der Waals surface area contributed by atoms with Gasteiger partial charge in [-0.1, -0.05) is 215 Å². The minimum atomic E-state index is -0.463. The Hall–Kier alpha value is -12.3. The first-order chi connectivity index (χ1) is 53.4. The summed E-state index contributed by atoms with van der Waals surface area (Å²) in [6.45, 7) is 9.97. The van der Waals surface area contributed by atoms with Gasteiger partial charge in [-0.15, -0.1) is 201 Å². The molecule has 0 bridgehead atoms. The van der Waals surface area contributed by atoms with E-state index in [0.717, 1.165) is 67.5 Å². The normalized spacial score (nSPS) is 9.62. The van der Waals surface area contributed by atoms with Gasteiger partial charge >= 0.3 is 46.2 Å². The summed E-state index contributed by atoms with van der Waals surface area (Å²) >= 11 is 4.87. The molecule has 16 aromatic rings. The van der Waals surface area contributed by atoms with Crippen LogP contribution in [0.5, 0.6) is 11.5 Å². The molecule has 0 fully saturated rings. The number of halogens is 1. The Morgan fingerprint density at radius 3 is 0.779 bits per heavy atom. The van der Waals surface area contributed by atoms with Crippen molar-refractivity contribution in [2.45, 2.75) is 21.3 Å². The van der Waals surface area contributed by atoms with Gasteiger partial charge in [-0.3, -0.25) is 4.79 Å². The van der Waals surface area contributed by atoms with E-state index in [4.69, 9.17) is 21.4 Å². The van der Waals surface area contributed by atoms with Gasteiger partial charge in [-0.2, -0.15) is 0 Å². The van der Waals surface area contributed by atoms with Gasteiger partial charge in [0, 0.05) is 78.4 Å². The molecule has 0 amide bonds. The van der Waals surface area contributed by atoms with E-state index in [0.29, 0.717) is 16.9 Å². The van der Waals surface area contributed by atoms with Crippen molar-refractivity contribution in [1.82, 2.24) is 29.9 Å². The van der Waals surface area contributed by atoms with Crippen LogP contribution in [0, 0.1) is 36.4 Å². The van der Waals surface area contributed by atoms with Crippen LogP contribution in [0.25, 0.3) is 112 Å². The van der Waals surface area contributed by atoms with Gasteiger partial charge in [0.15, 0.2) is 0 Å². The van der Waals surface area contributed by atoms with Crippen molar-refractivity contribution in [3.05, 3.63) is 438 Å². The van der Waals surface area contributed by atoms with Crippen LogP contribution < -0.4 is 4.74 Å². The Balaban J connectivity index is 0.000000207. The SMILES string of the molecule is C.C=C(C)C(=O)Cl.C=C(C)C(=O)Oc1c[c-]c(-c2ccccn2)cc1.Oc1c[c-]c(-c2ccccn2)cc1.[Ir+3].[Ir+3].[V].[c-]1ccc(-c2ccccc2)cc1-c1ccccn1.[c-]1ccc(-c2ccccc2)cc1-c1ccccn1.[c-]1ccc(-c2ccccc2)cc1-c1ccccn1.[c-]1ccc(-c2ccccc2)cc1-c1ccccn1. The van der Waals surface area contributed by atoms with Gasteiger partial charge in [0.2, 0.25) is 5.24 Å². The molecule has 10 nitrogen and oxygen atoms in total. The number of aromatic hydroxyl groups is 1. The summed E-state index contributed by atoms with van der Waals surface area (Å²) in [6.07, 6.45) is 10.7. The van der Waals surface area contributed by atoms with Crippen LogP contribution in [0.15, 0.2) is 401 Å². The molecule has 0 saturated heterocycles. The molecule has 16 rings (SSSR count). The number of allylic oxidation sites excluding steroid dienone is 1. The summed E-state index contributed by atoms with van der Waals surface area (Å²) in [6, 6.07) is 130. The fourth-order valence-corrected chi connectivity index (χ4v) is 10.2. The second-order valence-corrected chi connectivity index (χ2v) is 24.2. The van der Waals surface area contributed by atoms with Gasteiger partial charge in [-0.05, 0) is 118 Å². The van der Waals surface area contributed by atoms with E-state index < -0.39 is 11.2 Å². The van der Waals surface area contributed by atoms with Crippen LogP contribution in [0.2, 0.25) is 0 Å². The van der Waals surface area contributed by atoms with E-state index >= 15 is 0 Å². The minimum Gasteiger partial charge on any atom is -0.551 e. The van der Waals surface area contributed by atoms with Crippen molar-refractivity contribution < 1.29 is 78.2 Å². The van der Waals surface area contributed by atoms with Gasteiger partial charge < -0.3 is 39.7 Å². The fourth-order valence-electron chi connectivity index (χ4n) is 10.2. The van der Waals surface area contributed by atoms with Crippen molar-refractivity contribution in [3.63, 3.8) is 0 Å². The van der Waals surface area contributed by atoms with Gasteiger partial charge in [0.1, 0.15) is 0 Å². The molecule has 1 radical (unpaired) electrons. The maximum atomic E-state index is 11.3. The van der Waals surface area contributed by atoms with E-state index in [9.17, 15) is 9.59 Å². The summed E-state index contributed by atoms with van der Waals surface area (Å²) in [7, 11) is 0. The third-order valence-corrected chi connectivity index (χ3v) is 16.1. The van der Waals surface area contributed by atoms with E-state index in [2.05, 4.69) is 177 Å². The Kier molecular flexibility index (Phi) is 38.9. The summed E-state index contributed by atoms with van der Waals surface area (Å²) in [5.74, 6) is 0.233. The third-order valence-electron chi connectivity index (χ3n) is 15.8. The van der Waals surface area contributed by atoms with Crippen LogP contribution in [0.4, 0.5) is 0 Å². The Morgan fingerprint density at radius 2 is 0.566 bits per heavy atom. The number of hydrogen-bond donors (Lipinski definition) is 1. The first-order valence-corrected chi connectivity index (χ1v) is 35.0. The number of esters is 1. The van der Waals surface area contributed by atoms with Crippen molar-refractivity contribution >= 4 is 22.8 Å². The molecule has 6 aromatic heterocycles. The first kappa shape index (κ1) is 89.6. The molecule has 557 valence electrons. The molecule has 1 N–H and O–H groups in total. The first-order valence-electron chi connectivity index (χ1n) is 34.6. The summed E-state index contributed by atoms with van der Waals surface area (Å²) in [4.78, 5) is 46.9. The number of hydrogen-bond acceptors (Lipinski definition) is 10. The molecule has 0 aliphatic carbocycles. The quantitative estimate of drug-likeness (QED) is 0.0390. The molecule has 10 aromatic carbocycles. The van der Waals surface area contributed by atoms with Crippen LogP contribution >= 0.6 is 11.6 Å². The molecular weight excluding hydrogens is 1810 g/mol. The van der Waals surface area contributed by atoms with Crippen molar-refractivity contribution in [3.8, 4) is 124 Å². The average Bonchev–Trinajstić information content (AvgIpc) is 0.862. The van der Waals surface area contributed by atoms with Crippen LogP contribution in [0.1, 0.15) is 21.3 Å². The zero-order chi connectivity index (χ0) is 76.0. The number of phenols is 1. The number of benzene rings is 10. The number of nitrogens with zero attached hydrogens (tertiary/aromatic N) is 6. The largest absolute Gasteiger partial charge is 3.00 e. The summed E-state index contributed by atoms with van der Waals surface area (Å²) < 4.78 is 5.08. The number of ether oxygens (including phenoxy) is 1. The van der Waals surface area contributed by atoms with E-state index in [-0.39, 0.29) is 71.9 Å². The molecule has 0 saturated carbocycles. The van der Waals surface area contributed by atoms with Crippen LogP contribution in [-0.4, -0.2) is 46.2 Å². The molecule has 0 spiro atoms. The fraction of sp³-hybridized carbons (Fsp3) is 0.0303. The van der Waals surface area contributed by atoms with Crippen LogP contribution in [-0.2, 0) is 68.4 Å². The summed E-state index contributed by atoms with van der Waals surface area (Å²) in [5.41, 5.74) is 21.7. The monoisotopic (exact) mass is 1890 g/mol. The molecule has 14 heteroatoms. The molecule has 113 heavy (non-hydrogen) atoms. The second kappa shape index (κ2) is 49.1. The van der Waals surface area contributed by atoms with Crippen LogP contribution in [0.3, 0.4) is 0 Å². The minimum absolute atomic E-state index is 0. The number of rotatable bonds is 13. The maximum Gasteiger partial charge on any atom is 3.00 e. The topological polar surface area (TPSA) is 141 Å². The predicted molar refractivity (Wildman–Crippen MR) is 447 cm³/mol. The van der Waals surface area contributed by atoms with E-state index in [1.165, 1.54) is 50.6 Å².